The molecule has 0 spiro atoms. The molecule has 0 aliphatic rings. The smallest absolute Gasteiger partial charge is 0.331 e. The van der Waals surface area contributed by atoms with Gasteiger partial charge in [-0.05, 0) is 30.7 Å². The van der Waals surface area contributed by atoms with Gasteiger partial charge in [-0.2, -0.15) is 8.42 Å². The first-order chi connectivity index (χ1) is 9.70. The molecule has 4 N–H and O–H groups in total. The molecule has 0 saturated heterocycles. The van der Waals surface area contributed by atoms with Crippen LogP contribution in [0.3, 0.4) is 0 Å². The number of amides is 2. The van der Waals surface area contributed by atoms with Crippen LogP contribution >= 0.6 is 0 Å². The molecule has 0 heterocycles. The quantitative estimate of drug-likeness (QED) is 0.459. The number of hydrogen-bond acceptors (Lipinski definition) is 4. The van der Waals surface area contributed by atoms with Crippen molar-refractivity contribution in [3.63, 3.8) is 0 Å². The number of carbonyl (C=O) groups is 2. The minimum absolute atomic E-state index is 0.0206. The van der Waals surface area contributed by atoms with Crippen LogP contribution in [0.25, 0.3) is 0 Å². The first-order valence-corrected chi connectivity index (χ1v) is 7.17. The second-order valence-corrected chi connectivity index (χ2v) is 5.46. The molecule has 0 radical (unpaired) electrons. The van der Waals surface area contributed by atoms with Crippen molar-refractivity contribution in [2.75, 3.05) is 11.9 Å². The van der Waals surface area contributed by atoms with Crippen molar-refractivity contribution in [1.29, 1.82) is 0 Å². The molecule has 0 fully saturated rings. The van der Waals surface area contributed by atoms with Crippen molar-refractivity contribution >= 4 is 27.8 Å². The molecule has 0 aromatic heterocycles. The second kappa shape index (κ2) is 6.86. The molecule has 0 unspecified atom stereocenters. The highest BCUT2D eigenvalue weighted by atomic mass is 32.2. The molecule has 9 heteroatoms. The standard InChI is InChI=1S/C12H14N2O6S/c1-8(11(15)16)6-7-13-12(17)14-9-2-4-10(5-3-9)21(18,19)20/h2-5H,1,6-7H2,(H,15,16)(H2,13,14,17)(H,18,19,20). The van der Waals surface area contributed by atoms with E-state index in [0.29, 0.717) is 5.69 Å². The molecule has 1 aromatic rings. The van der Waals surface area contributed by atoms with E-state index in [-0.39, 0.29) is 23.4 Å². The van der Waals surface area contributed by atoms with E-state index in [0.717, 1.165) is 12.1 Å². The lowest BCUT2D eigenvalue weighted by Gasteiger charge is -2.08. The molecular weight excluding hydrogens is 300 g/mol. The van der Waals surface area contributed by atoms with Crippen molar-refractivity contribution in [3.8, 4) is 0 Å². The van der Waals surface area contributed by atoms with Crippen molar-refractivity contribution in [2.24, 2.45) is 0 Å². The predicted octanol–water partition coefficient (Wildman–Crippen LogP) is 1.09. The lowest BCUT2D eigenvalue weighted by Crippen LogP contribution is -2.30. The van der Waals surface area contributed by atoms with E-state index < -0.39 is 22.1 Å². The first-order valence-electron chi connectivity index (χ1n) is 5.73. The van der Waals surface area contributed by atoms with E-state index in [2.05, 4.69) is 17.2 Å². The Hall–Kier alpha value is -2.39. The van der Waals surface area contributed by atoms with Crippen LogP contribution in [0.4, 0.5) is 10.5 Å². The number of nitrogens with one attached hydrogen (secondary N) is 2. The summed E-state index contributed by atoms with van der Waals surface area (Å²) in [6.45, 7) is 3.41. The van der Waals surface area contributed by atoms with E-state index >= 15 is 0 Å². The summed E-state index contributed by atoms with van der Waals surface area (Å²) in [4.78, 5) is 21.7. The van der Waals surface area contributed by atoms with Crippen LogP contribution in [0.15, 0.2) is 41.3 Å². The highest BCUT2D eigenvalue weighted by Gasteiger charge is 2.09. The SMILES string of the molecule is C=C(CCNC(=O)Nc1ccc(S(=O)(=O)O)cc1)C(=O)O. The summed E-state index contributed by atoms with van der Waals surface area (Å²) in [6, 6.07) is 4.31. The Kier molecular flexibility index (Phi) is 5.44. The van der Waals surface area contributed by atoms with Crippen LogP contribution in [-0.4, -0.2) is 36.6 Å². The van der Waals surface area contributed by atoms with Crippen LogP contribution in [0, 0.1) is 0 Å². The van der Waals surface area contributed by atoms with Gasteiger partial charge in [-0.25, -0.2) is 9.59 Å². The summed E-state index contributed by atoms with van der Waals surface area (Å²) >= 11 is 0. The van der Waals surface area contributed by atoms with Crippen molar-refractivity contribution in [1.82, 2.24) is 5.32 Å². The molecule has 0 aliphatic heterocycles. The van der Waals surface area contributed by atoms with Gasteiger partial charge in [-0.1, -0.05) is 6.58 Å². The highest BCUT2D eigenvalue weighted by Crippen LogP contribution is 2.13. The van der Waals surface area contributed by atoms with Gasteiger partial charge in [0.2, 0.25) is 0 Å². The molecule has 1 rings (SSSR count). The average Bonchev–Trinajstić information content (AvgIpc) is 2.38. The van der Waals surface area contributed by atoms with Gasteiger partial charge in [-0.15, -0.1) is 0 Å². The van der Waals surface area contributed by atoms with Crippen LogP contribution in [0.2, 0.25) is 0 Å². The van der Waals surface area contributed by atoms with Crippen LogP contribution < -0.4 is 10.6 Å². The Labute approximate surface area is 121 Å². The highest BCUT2D eigenvalue weighted by molar-refractivity contribution is 7.85. The molecule has 114 valence electrons. The third-order valence-electron chi connectivity index (χ3n) is 2.42. The molecule has 0 saturated carbocycles. The number of urea groups is 1. The van der Waals surface area contributed by atoms with Gasteiger partial charge < -0.3 is 15.7 Å². The third kappa shape index (κ3) is 5.63. The number of carboxylic acids is 1. The summed E-state index contributed by atoms with van der Waals surface area (Å²) < 4.78 is 30.4. The number of carboxylic acid groups (broad SMARTS) is 1. The zero-order chi connectivity index (χ0) is 16.0. The summed E-state index contributed by atoms with van der Waals surface area (Å²) in [5, 5.41) is 13.4. The molecule has 1 aromatic carbocycles. The van der Waals surface area contributed by atoms with Gasteiger partial charge in [0.25, 0.3) is 10.1 Å². The van der Waals surface area contributed by atoms with E-state index in [4.69, 9.17) is 9.66 Å². The van der Waals surface area contributed by atoms with Crippen molar-refractivity contribution in [2.45, 2.75) is 11.3 Å². The lowest BCUT2D eigenvalue weighted by molar-refractivity contribution is -0.132. The lowest BCUT2D eigenvalue weighted by atomic mass is 10.2. The van der Waals surface area contributed by atoms with Crippen LogP contribution in [0.1, 0.15) is 6.42 Å². The van der Waals surface area contributed by atoms with E-state index in [1.165, 1.54) is 12.1 Å². The summed E-state index contributed by atoms with van der Waals surface area (Å²) in [5.74, 6) is -1.13. The minimum atomic E-state index is -4.27. The van der Waals surface area contributed by atoms with Crippen molar-refractivity contribution < 1.29 is 27.7 Å². The fraction of sp³-hybridized carbons (Fsp3) is 0.167. The maximum atomic E-state index is 11.5. The molecule has 0 aliphatic carbocycles. The van der Waals surface area contributed by atoms with Crippen LogP contribution in [0.5, 0.6) is 0 Å². The minimum Gasteiger partial charge on any atom is -0.478 e. The molecule has 0 atom stereocenters. The number of aliphatic carboxylic acids is 1. The summed E-state index contributed by atoms with van der Waals surface area (Å²) in [7, 11) is -4.27. The van der Waals surface area contributed by atoms with Gasteiger partial charge in [0.05, 0.1) is 4.90 Å². The Balaban J connectivity index is 2.48. The summed E-state index contributed by atoms with van der Waals surface area (Å²) in [6.07, 6.45) is 0.102. The zero-order valence-electron chi connectivity index (χ0n) is 10.9. The molecule has 2 amide bonds. The van der Waals surface area contributed by atoms with Gasteiger partial charge in [0.1, 0.15) is 0 Å². The van der Waals surface area contributed by atoms with E-state index in [1.54, 1.807) is 0 Å². The monoisotopic (exact) mass is 314 g/mol. The molecular formula is C12H14N2O6S. The normalized spacial score (nSPS) is 10.7. The van der Waals surface area contributed by atoms with Crippen molar-refractivity contribution in [3.05, 3.63) is 36.4 Å². The van der Waals surface area contributed by atoms with E-state index in [1.807, 2.05) is 0 Å². The largest absolute Gasteiger partial charge is 0.478 e. The van der Waals surface area contributed by atoms with Gasteiger partial charge in [-0.3, -0.25) is 4.55 Å². The Morgan fingerprint density at radius 2 is 1.76 bits per heavy atom. The maximum absolute atomic E-state index is 11.5. The number of hydrogen-bond donors (Lipinski definition) is 4. The zero-order valence-corrected chi connectivity index (χ0v) is 11.7. The first kappa shape index (κ1) is 16.7. The summed E-state index contributed by atoms with van der Waals surface area (Å²) in [5.41, 5.74) is 0.296. The van der Waals surface area contributed by atoms with Crippen LogP contribution in [-0.2, 0) is 14.9 Å². The maximum Gasteiger partial charge on any atom is 0.331 e. The van der Waals surface area contributed by atoms with Gasteiger partial charge in [0.15, 0.2) is 0 Å². The Morgan fingerprint density at radius 3 is 2.24 bits per heavy atom. The number of carbonyl (C=O) groups excluding carboxylic acids is 1. The molecule has 21 heavy (non-hydrogen) atoms. The number of benzene rings is 1. The number of anilines is 1. The number of rotatable bonds is 6. The predicted molar refractivity (Wildman–Crippen MR) is 74.7 cm³/mol. The Bertz CT molecular complexity index is 651. The topological polar surface area (TPSA) is 133 Å². The fourth-order valence-corrected chi connectivity index (χ4v) is 1.80. The average molecular weight is 314 g/mol. The molecule has 8 nitrogen and oxygen atoms in total. The fourth-order valence-electron chi connectivity index (χ4n) is 1.32. The second-order valence-electron chi connectivity index (χ2n) is 4.04. The van der Waals surface area contributed by atoms with Gasteiger partial charge >= 0.3 is 12.0 Å². The molecule has 0 bridgehead atoms. The van der Waals surface area contributed by atoms with Gasteiger partial charge in [0, 0.05) is 17.8 Å². The van der Waals surface area contributed by atoms with E-state index in [9.17, 15) is 18.0 Å². The third-order valence-corrected chi connectivity index (χ3v) is 3.29. The Morgan fingerprint density at radius 1 is 1.19 bits per heavy atom.